The maximum atomic E-state index is 13.6. The molecule has 2 heterocycles. The van der Waals surface area contributed by atoms with E-state index >= 15 is 0 Å². The summed E-state index contributed by atoms with van der Waals surface area (Å²) in [6.45, 7) is 11.9. The average Bonchev–Trinajstić information content (AvgIpc) is 3.49. The Morgan fingerprint density at radius 1 is 1.02 bits per heavy atom. The minimum Gasteiger partial charge on any atom is -0.507 e. The number of rotatable bonds is 12. The van der Waals surface area contributed by atoms with E-state index in [1.165, 1.54) is 4.90 Å². The van der Waals surface area contributed by atoms with Gasteiger partial charge in [-0.05, 0) is 69.7 Å². The summed E-state index contributed by atoms with van der Waals surface area (Å²) in [7, 11) is 0. The number of amides is 1. The number of carbonyl (C=O) groups excluding carboxylic acids is 3. The van der Waals surface area contributed by atoms with Gasteiger partial charge < -0.3 is 24.1 Å². The van der Waals surface area contributed by atoms with Crippen molar-refractivity contribution in [2.75, 3.05) is 31.3 Å². The molecule has 1 atom stereocenters. The fraction of sp³-hybridized carbons (Fsp3) is 0.290. The molecule has 42 heavy (non-hydrogen) atoms. The Labute approximate surface area is 247 Å². The Bertz CT molecular complexity index is 1530. The lowest BCUT2D eigenvalue weighted by Crippen LogP contribution is -2.29. The zero-order valence-corrected chi connectivity index (χ0v) is 24.7. The lowest BCUT2D eigenvalue weighted by atomic mass is 9.95. The van der Waals surface area contributed by atoms with Crippen molar-refractivity contribution in [2.24, 2.45) is 0 Å². The third-order valence-electron chi connectivity index (χ3n) is 6.28. The van der Waals surface area contributed by atoms with Gasteiger partial charge in [0.05, 0.1) is 37.1 Å². The summed E-state index contributed by atoms with van der Waals surface area (Å²) >= 11 is 0.934. The van der Waals surface area contributed by atoms with E-state index in [9.17, 15) is 19.5 Å². The first-order chi connectivity index (χ1) is 20.2. The van der Waals surface area contributed by atoms with Crippen LogP contribution in [0.25, 0.3) is 5.76 Å². The highest BCUT2D eigenvalue weighted by molar-refractivity contribution is 7.17. The van der Waals surface area contributed by atoms with Gasteiger partial charge in [-0.1, -0.05) is 30.1 Å². The molecule has 2 aromatic carbocycles. The molecule has 1 unspecified atom stereocenters. The highest BCUT2D eigenvalue weighted by Gasteiger charge is 2.48. The lowest BCUT2D eigenvalue weighted by Gasteiger charge is -2.24. The van der Waals surface area contributed by atoms with E-state index in [1.54, 1.807) is 62.4 Å². The molecular weight excluding hydrogens is 560 g/mol. The second-order valence-corrected chi connectivity index (χ2v) is 9.97. The summed E-state index contributed by atoms with van der Waals surface area (Å²) in [6.07, 6.45) is 1.60. The van der Waals surface area contributed by atoms with Crippen molar-refractivity contribution >= 4 is 39.9 Å². The molecular formula is C31H32N2O8S. The van der Waals surface area contributed by atoms with Crippen molar-refractivity contribution in [1.29, 1.82) is 0 Å². The molecule has 0 bridgehead atoms. The van der Waals surface area contributed by atoms with Crippen molar-refractivity contribution in [3.05, 3.63) is 82.4 Å². The lowest BCUT2D eigenvalue weighted by molar-refractivity contribution is -0.132. The number of ketones is 1. The molecule has 1 aromatic heterocycles. The first-order valence-corrected chi connectivity index (χ1v) is 14.3. The molecule has 1 aliphatic rings. The average molecular weight is 593 g/mol. The number of Topliss-reactive ketones (excluding diaryl/α,β-unsaturated/α-hetero) is 1. The summed E-state index contributed by atoms with van der Waals surface area (Å²) in [4.78, 5) is 45.6. The Morgan fingerprint density at radius 3 is 2.38 bits per heavy atom. The summed E-state index contributed by atoms with van der Waals surface area (Å²) in [5.74, 6) is -1.34. The van der Waals surface area contributed by atoms with E-state index in [1.807, 2.05) is 13.8 Å². The van der Waals surface area contributed by atoms with Crippen molar-refractivity contribution in [2.45, 2.75) is 33.7 Å². The first-order valence-electron chi connectivity index (χ1n) is 13.4. The minimum absolute atomic E-state index is 0.110. The molecule has 220 valence electrons. The summed E-state index contributed by atoms with van der Waals surface area (Å²) in [5.41, 5.74) is 0.988. The molecule has 1 amide bonds. The molecule has 0 aliphatic carbocycles. The number of aromatic nitrogens is 1. The van der Waals surface area contributed by atoms with Gasteiger partial charge in [0.2, 0.25) is 0 Å². The molecule has 3 aromatic rings. The van der Waals surface area contributed by atoms with Crippen molar-refractivity contribution in [3.63, 3.8) is 0 Å². The SMILES string of the molecule is C=CCOc1ccc(C2/C(=C(\O)c3ccc(OCC)cc3)C(=O)C(=O)N2c2nc(C)c(C(=O)OCC)s2)cc1OCC. The Morgan fingerprint density at radius 2 is 1.74 bits per heavy atom. The number of carbonyl (C=O) groups is 3. The number of nitrogens with zero attached hydrogens (tertiary/aromatic N) is 2. The van der Waals surface area contributed by atoms with Crippen LogP contribution in [0.1, 0.15) is 53.3 Å². The first kappa shape index (κ1) is 30.3. The van der Waals surface area contributed by atoms with Crippen molar-refractivity contribution < 1.29 is 38.4 Å². The fourth-order valence-corrected chi connectivity index (χ4v) is 5.47. The van der Waals surface area contributed by atoms with Crippen molar-refractivity contribution in [3.8, 4) is 17.2 Å². The van der Waals surface area contributed by atoms with E-state index in [2.05, 4.69) is 11.6 Å². The third-order valence-corrected chi connectivity index (χ3v) is 7.41. The van der Waals surface area contributed by atoms with Gasteiger partial charge in [0.25, 0.3) is 5.78 Å². The monoisotopic (exact) mass is 592 g/mol. The third kappa shape index (κ3) is 6.01. The maximum Gasteiger partial charge on any atom is 0.350 e. The smallest absolute Gasteiger partial charge is 0.350 e. The topological polar surface area (TPSA) is 124 Å². The van der Waals surface area contributed by atoms with Gasteiger partial charge in [-0.15, -0.1) is 0 Å². The molecule has 11 heteroatoms. The normalized spacial score (nSPS) is 15.9. The summed E-state index contributed by atoms with van der Waals surface area (Å²) in [6, 6.07) is 10.5. The predicted octanol–water partition coefficient (Wildman–Crippen LogP) is 5.62. The van der Waals surface area contributed by atoms with Crippen LogP contribution in [0.3, 0.4) is 0 Å². The number of hydrogen-bond acceptors (Lipinski definition) is 10. The Hall–Kier alpha value is -4.64. The molecule has 0 saturated carbocycles. The summed E-state index contributed by atoms with van der Waals surface area (Å²) in [5, 5.41) is 11.6. The van der Waals surface area contributed by atoms with Crippen LogP contribution in [0.15, 0.2) is 60.7 Å². The molecule has 4 rings (SSSR count). The second kappa shape index (κ2) is 13.3. The summed E-state index contributed by atoms with van der Waals surface area (Å²) < 4.78 is 22.2. The number of aryl methyl sites for hydroxylation is 1. The predicted molar refractivity (Wildman–Crippen MR) is 159 cm³/mol. The number of ether oxygens (including phenoxy) is 4. The maximum absolute atomic E-state index is 13.6. The van der Waals surface area contributed by atoms with E-state index in [4.69, 9.17) is 18.9 Å². The number of esters is 1. The van der Waals surface area contributed by atoms with Crippen LogP contribution in [-0.2, 0) is 14.3 Å². The van der Waals surface area contributed by atoms with Gasteiger partial charge in [-0.2, -0.15) is 0 Å². The highest BCUT2D eigenvalue weighted by atomic mass is 32.1. The van der Waals surface area contributed by atoms with Crippen LogP contribution < -0.4 is 19.1 Å². The molecule has 1 aliphatic heterocycles. The van der Waals surface area contributed by atoms with Crippen LogP contribution in [0.2, 0.25) is 0 Å². The van der Waals surface area contributed by atoms with E-state index < -0.39 is 23.7 Å². The van der Waals surface area contributed by atoms with E-state index in [0.717, 1.165) is 11.3 Å². The molecule has 0 radical (unpaired) electrons. The van der Waals surface area contributed by atoms with Crippen LogP contribution >= 0.6 is 11.3 Å². The minimum atomic E-state index is -1.09. The van der Waals surface area contributed by atoms with Gasteiger partial charge in [0.1, 0.15) is 23.0 Å². The number of aliphatic hydroxyl groups is 1. The molecule has 1 saturated heterocycles. The second-order valence-electron chi connectivity index (χ2n) is 9.00. The number of anilines is 1. The van der Waals surface area contributed by atoms with Gasteiger partial charge in [-0.25, -0.2) is 9.78 Å². The van der Waals surface area contributed by atoms with Crippen LogP contribution in [0.4, 0.5) is 5.13 Å². The Balaban J connectivity index is 1.91. The zero-order valence-electron chi connectivity index (χ0n) is 23.8. The van der Waals surface area contributed by atoms with Gasteiger partial charge in [-0.3, -0.25) is 14.5 Å². The number of thiazole rings is 1. The quantitative estimate of drug-likeness (QED) is 0.0938. The zero-order chi connectivity index (χ0) is 30.4. The standard InChI is InChI=1S/C31H32N2O8S/c1-6-16-41-22-15-12-20(17-23(22)39-8-3)25-24(26(34)19-10-13-21(14-11-19)38-7-2)27(35)29(36)33(25)31-32-18(5)28(42-31)30(37)40-9-4/h6,10-15,17,25,34H,1,7-9,16H2,2-5H3/b26-24+. The van der Waals surface area contributed by atoms with E-state index in [0.29, 0.717) is 47.3 Å². The van der Waals surface area contributed by atoms with Crippen LogP contribution in [0.5, 0.6) is 17.2 Å². The molecule has 1 N–H and O–H groups in total. The Kier molecular flexibility index (Phi) is 9.64. The number of aliphatic hydroxyl groups excluding tert-OH is 1. The van der Waals surface area contributed by atoms with Crippen LogP contribution in [-0.4, -0.2) is 54.2 Å². The van der Waals surface area contributed by atoms with Crippen molar-refractivity contribution in [1.82, 2.24) is 4.98 Å². The van der Waals surface area contributed by atoms with E-state index in [-0.39, 0.29) is 34.6 Å². The largest absolute Gasteiger partial charge is 0.507 e. The van der Waals surface area contributed by atoms with Gasteiger partial charge in [0.15, 0.2) is 16.6 Å². The van der Waals surface area contributed by atoms with Gasteiger partial charge in [0, 0.05) is 5.56 Å². The molecule has 0 spiro atoms. The highest BCUT2D eigenvalue weighted by Crippen LogP contribution is 2.45. The molecule has 10 nitrogen and oxygen atoms in total. The fourth-order valence-electron chi connectivity index (χ4n) is 4.48. The number of hydrogen-bond donors (Lipinski definition) is 1. The van der Waals surface area contributed by atoms with Gasteiger partial charge >= 0.3 is 11.9 Å². The van der Waals surface area contributed by atoms with Crippen LogP contribution in [0, 0.1) is 6.92 Å². The number of benzene rings is 2. The molecule has 1 fully saturated rings.